The van der Waals surface area contributed by atoms with Gasteiger partial charge >= 0.3 is 0 Å². The molecular formula is C23H22BFO4. The molecule has 0 spiro atoms. The van der Waals surface area contributed by atoms with Crippen molar-refractivity contribution in [3.8, 4) is 11.5 Å². The highest BCUT2D eigenvalue weighted by atomic mass is 19.1. The second-order valence-corrected chi connectivity index (χ2v) is 8.43. The average Bonchev–Trinajstić information content (AvgIpc) is 3.33. The van der Waals surface area contributed by atoms with E-state index in [1.54, 1.807) is 24.3 Å². The Labute approximate surface area is 169 Å². The molecule has 1 aliphatic carbocycles. The first-order chi connectivity index (χ1) is 13.8. The van der Waals surface area contributed by atoms with Gasteiger partial charge in [-0.15, -0.1) is 0 Å². The number of ketones is 1. The van der Waals surface area contributed by atoms with Gasteiger partial charge in [-0.1, -0.05) is 11.5 Å². The van der Waals surface area contributed by atoms with Gasteiger partial charge in [0, 0.05) is 0 Å². The lowest BCUT2D eigenvalue weighted by atomic mass is 9.80. The molecule has 148 valence electrons. The first kappa shape index (κ1) is 18.4. The second-order valence-electron chi connectivity index (χ2n) is 8.43. The SMILES string of the molecule is Bc1ccc(Oc2cc(C)c(C3=C(O)[C@H]4[C@@H](C3=O)[C@@H]3CC[C@H]4O3)c(C)c2)c(F)c1. The monoisotopic (exact) mass is 392 g/mol. The molecule has 0 saturated carbocycles. The van der Waals surface area contributed by atoms with E-state index in [-0.39, 0.29) is 41.3 Å². The molecule has 2 aromatic rings. The summed E-state index contributed by atoms with van der Waals surface area (Å²) < 4.78 is 25.8. The van der Waals surface area contributed by atoms with Crippen LogP contribution in [0.25, 0.3) is 5.57 Å². The topological polar surface area (TPSA) is 55.8 Å². The summed E-state index contributed by atoms with van der Waals surface area (Å²) in [4.78, 5) is 13.2. The van der Waals surface area contributed by atoms with E-state index in [9.17, 15) is 14.3 Å². The standard InChI is InChI=1S/C23H22BFO4/c1-10-7-13(28-15-4-3-12(24)9-14(15)25)8-11(2)18(10)21-22(26)19-16-5-6-17(29-16)20(19)23(21)27/h3-4,7-9,16-17,19-20,26H,5-6,24H2,1-2H3/t16-,17+,19-,20+/m1/s1. The zero-order chi connectivity index (χ0) is 20.4. The molecule has 2 aromatic carbocycles. The maximum Gasteiger partial charge on any atom is 0.173 e. The minimum Gasteiger partial charge on any atom is -0.511 e. The van der Waals surface area contributed by atoms with E-state index in [0.717, 1.165) is 35.0 Å². The molecular weight excluding hydrogens is 370 g/mol. The highest BCUT2D eigenvalue weighted by Gasteiger charge is 2.59. The van der Waals surface area contributed by atoms with Gasteiger partial charge in [-0.3, -0.25) is 4.79 Å². The largest absolute Gasteiger partial charge is 0.511 e. The molecule has 2 saturated heterocycles. The molecule has 3 aliphatic rings. The fourth-order valence-corrected chi connectivity index (χ4v) is 5.26. The highest BCUT2D eigenvalue weighted by Crippen LogP contribution is 2.54. The summed E-state index contributed by atoms with van der Waals surface area (Å²) in [6, 6.07) is 8.40. The smallest absolute Gasteiger partial charge is 0.173 e. The van der Waals surface area contributed by atoms with Gasteiger partial charge in [-0.25, -0.2) is 4.39 Å². The molecule has 4 atom stereocenters. The quantitative estimate of drug-likeness (QED) is 0.816. The number of hydrogen-bond acceptors (Lipinski definition) is 4. The first-order valence-corrected chi connectivity index (χ1v) is 10.0. The molecule has 6 heteroatoms. The van der Waals surface area contributed by atoms with Gasteiger partial charge in [0.15, 0.2) is 17.3 Å². The molecule has 5 rings (SSSR count). The number of aryl methyl sites for hydroxylation is 2. The van der Waals surface area contributed by atoms with Crippen LogP contribution in [0.4, 0.5) is 4.39 Å². The van der Waals surface area contributed by atoms with Crippen molar-refractivity contribution >= 4 is 24.7 Å². The molecule has 2 bridgehead atoms. The number of ether oxygens (including phenoxy) is 2. The number of carbonyl (C=O) groups is 1. The lowest BCUT2D eigenvalue weighted by Crippen LogP contribution is -2.29. The summed E-state index contributed by atoms with van der Waals surface area (Å²) >= 11 is 0. The molecule has 1 N–H and O–H groups in total. The fourth-order valence-electron chi connectivity index (χ4n) is 5.26. The molecule has 2 heterocycles. The molecule has 4 nitrogen and oxygen atoms in total. The maximum atomic E-state index is 14.2. The first-order valence-electron chi connectivity index (χ1n) is 10.0. The van der Waals surface area contributed by atoms with Crippen LogP contribution in [0.1, 0.15) is 29.5 Å². The van der Waals surface area contributed by atoms with Crippen molar-refractivity contribution in [2.45, 2.75) is 38.9 Å². The lowest BCUT2D eigenvalue weighted by molar-refractivity contribution is -0.118. The van der Waals surface area contributed by atoms with Crippen LogP contribution in [0, 0.1) is 31.5 Å². The molecule has 0 aromatic heterocycles. The Kier molecular flexibility index (Phi) is 4.11. The lowest BCUT2D eigenvalue weighted by Gasteiger charge is -2.19. The third-order valence-corrected chi connectivity index (χ3v) is 6.47. The molecule has 2 aliphatic heterocycles. The number of aliphatic hydroxyl groups excluding tert-OH is 1. The van der Waals surface area contributed by atoms with Crippen molar-refractivity contribution in [1.29, 1.82) is 0 Å². The number of hydrogen-bond donors (Lipinski definition) is 1. The molecule has 0 radical (unpaired) electrons. The van der Waals surface area contributed by atoms with Crippen molar-refractivity contribution in [1.82, 2.24) is 0 Å². The van der Waals surface area contributed by atoms with Crippen molar-refractivity contribution in [2.75, 3.05) is 0 Å². The molecule has 29 heavy (non-hydrogen) atoms. The maximum absolute atomic E-state index is 14.2. The average molecular weight is 392 g/mol. The Bertz CT molecular complexity index is 1050. The van der Waals surface area contributed by atoms with Crippen molar-refractivity contribution in [3.05, 3.63) is 58.6 Å². The number of fused-ring (bicyclic) bond motifs is 5. The third kappa shape index (κ3) is 2.73. The van der Waals surface area contributed by atoms with Crippen molar-refractivity contribution in [2.24, 2.45) is 11.8 Å². The molecule has 0 amide bonds. The number of allylic oxidation sites excluding steroid dienone is 1. The van der Waals surface area contributed by atoms with Gasteiger partial charge in [0.25, 0.3) is 0 Å². The highest BCUT2D eigenvalue weighted by molar-refractivity contribution is 6.32. The Balaban J connectivity index is 1.51. The summed E-state index contributed by atoms with van der Waals surface area (Å²) in [6.45, 7) is 3.76. The number of Topliss-reactive ketones (excluding diaryl/α,β-unsaturated/α-hetero) is 1. The summed E-state index contributed by atoms with van der Waals surface area (Å²) in [5, 5.41) is 10.9. The molecule has 0 unspecified atom stereocenters. The van der Waals surface area contributed by atoms with Gasteiger partial charge in [0.05, 0.1) is 29.6 Å². The van der Waals surface area contributed by atoms with Crippen LogP contribution in [0.15, 0.2) is 36.1 Å². The van der Waals surface area contributed by atoms with Gasteiger partial charge < -0.3 is 14.6 Å². The predicted molar refractivity (Wildman–Crippen MR) is 110 cm³/mol. The van der Waals surface area contributed by atoms with E-state index < -0.39 is 5.82 Å². The third-order valence-electron chi connectivity index (χ3n) is 6.47. The Morgan fingerprint density at radius 3 is 2.38 bits per heavy atom. The number of carbonyl (C=O) groups excluding carboxylic acids is 1. The van der Waals surface area contributed by atoms with Crippen LogP contribution in [0.2, 0.25) is 0 Å². The van der Waals surface area contributed by atoms with Crippen molar-refractivity contribution < 1.29 is 23.8 Å². The Hall–Kier alpha value is -2.60. The van der Waals surface area contributed by atoms with Gasteiger partial charge in [-0.2, -0.15) is 0 Å². The van der Waals surface area contributed by atoms with E-state index in [1.807, 2.05) is 21.7 Å². The number of benzene rings is 2. The number of rotatable bonds is 3. The van der Waals surface area contributed by atoms with E-state index in [2.05, 4.69) is 0 Å². The van der Waals surface area contributed by atoms with E-state index in [4.69, 9.17) is 9.47 Å². The summed E-state index contributed by atoms with van der Waals surface area (Å²) in [5.41, 5.74) is 3.62. The fraction of sp³-hybridized carbons (Fsp3) is 0.348. The Morgan fingerprint density at radius 2 is 1.76 bits per heavy atom. The zero-order valence-corrected chi connectivity index (χ0v) is 16.7. The zero-order valence-electron chi connectivity index (χ0n) is 16.7. The number of aliphatic hydroxyl groups is 1. The normalized spacial score (nSPS) is 27.6. The predicted octanol–water partition coefficient (Wildman–Crippen LogP) is 3.14. The van der Waals surface area contributed by atoms with E-state index in [1.165, 1.54) is 6.07 Å². The van der Waals surface area contributed by atoms with Crippen LogP contribution in [0.3, 0.4) is 0 Å². The second kappa shape index (κ2) is 6.46. The molecule has 2 fully saturated rings. The van der Waals surface area contributed by atoms with Crippen LogP contribution in [-0.4, -0.2) is 30.9 Å². The van der Waals surface area contributed by atoms with Crippen LogP contribution in [0.5, 0.6) is 11.5 Å². The minimum atomic E-state index is -0.418. The van der Waals surface area contributed by atoms with E-state index >= 15 is 0 Å². The summed E-state index contributed by atoms with van der Waals surface area (Å²) in [6.07, 6.45) is 1.64. The van der Waals surface area contributed by atoms with Crippen LogP contribution < -0.4 is 10.2 Å². The van der Waals surface area contributed by atoms with Gasteiger partial charge in [0.2, 0.25) is 0 Å². The van der Waals surface area contributed by atoms with Crippen LogP contribution >= 0.6 is 0 Å². The van der Waals surface area contributed by atoms with Gasteiger partial charge in [-0.05, 0) is 67.6 Å². The number of halogens is 1. The van der Waals surface area contributed by atoms with Crippen LogP contribution in [-0.2, 0) is 9.53 Å². The minimum absolute atomic E-state index is 0.0239. The Morgan fingerprint density at radius 1 is 1.10 bits per heavy atom. The van der Waals surface area contributed by atoms with Gasteiger partial charge in [0.1, 0.15) is 19.4 Å². The van der Waals surface area contributed by atoms with E-state index in [0.29, 0.717) is 11.3 Å². The van der Waals surface area contributed by atoms with Crippen molar-refractivity contribution in [3.63, 3.8) is 0 Å². The summed E-state index contributed by atoms with van der Waals surface area (Å²) in [5.74, 6) is -0.0994. The summed E-state index contributed by atoms with van der Waals surface area (Å²) in [7, 11) is 1.82.